The number of rotatable bonds is 6. The molecule has 0 unspecified atom stereocenters. The van der Waals surface area contributed by atoms with E-state index in [2.05, 4.69) is 26.0 Å². The molecule has 118 valence electrons. The summed E-state index contributed by atoms with van der Waals surface area (Å²) >= 11 is 3.03. The molecule has 3 N–H and O–H groups in total. The van der Waals surface area contributed by atoms with Gasteiger partial charge < -0.3 is 15.8 Å². The summed E-state index contributed by atoms with van der Waals surface area (Å²) < 4.78 is 40.5. The molecule has 8 heteroatoms. The largest absolute Gasteiger partial charge is 0.573 e. The third kappa shape index (κ3) is 6.81. The Morgan fingerprint density at radius 2 is 2.00 bits per heavy atom. The number of carbonyl (C=O) groups excluding carboxylic acids is 1. The van der Waals surface area contributed by atoms with Crippen molar-refractivity contribution in [1.82, 2.24) is 5.32 Å². The molecule has 0 aromatic heterocycles. The van der Waals surface area contributed by atoms with Crippen molar-refractivity contribution in [2.45, 2.75) is 38.7 Å². The van der Waals surface area contributed by atoms with E-state index in [9.17, 15) is 18.0 Å². The van der Waals surface area contributed by atoms with Gasteiger partial charge in [-0.3, -0.25) is 4.79 Å². The van der Waals surface area contributed by atoms with Crippen LogP contribution in [0.15, 0.2) is 22.7 Å². The Balaban J connectivity index is 2.70. The molecule has 1 rings (SSSR count). The molecular formula is C13H16BrF3N2O2. The summed E-state index contributed by atoms with van der Waals surface area (Å²) in [5, 5.41) is 3.12. The van der Waals surface area contributed by atoms with Gasteiger partial charge in [-0.1, -0.05) is 6.07 Å². The van der Waals surface area contributed by atoms with Crippen molar-refractivity contribution in [2.24, 2.45) is 5.73 Å². The average Bonchev–Trinajstić information content (AvgIpc) is 2.26. The van der Waals surface area contributed by atoms with E-state index < -0.39 is 17.8 Å². The quantitative estimate of drug-likeness (QED) is 0.810. The first-order valence-corrected chi connectivity index (χ1v) is 6.85. The first-order chi connectivity index (χ1) is 9.48. The normalized spacial score (nSPS) is 12.3. The molecule has 21 heavy (non-hydrogen) atoms. The van der Waals surface area contributed by atoms with Crippen LogP contribution in [-0.4, -0.2) is 17.8 Å². The summed E-state index contributed by atoms with van der Waals surface area (Å²) in [6.45, 7) is 4.01. The third-order valence-corrected chi connectivity index (χ3v) is 3.23. The zero-order chi connectivity index (χ0) is 16.3. The van der Waals surface area contributed by atoms with Crippen molar-refractivity contribution in [3.63, 3.8) is 0 Å². The van der Waals surface area contributed by atoms with Crippen LogP contribution in [-0.2, 0) is 11.3 Å². The standard InChI is InChI=1S/C13H16BrF3N2O2/c1-12(2,6-11(18)20)19-7-8-3-4-10(9(14)5-8)21-13(15,16)17/h3-5,19H,6-7H2,1-2H3,(H2,18,20). The van der Waals surface area contributed by atoms with Crippen LogP contribution >= 0.6 is 15.9 Å². The van der Waals surface area contributed by atoms with Gasteiger partial charge >= 0.3 is 6.36 Å². The van der Waals surface area contributed by atoms with Gasteiger partial charge in [0, 0.05) is 18.5 Å². The number of benzene rings is 1. The number of amides is 1. The smallest absolute Gasteiger partial charge is 0.405 e. The molecule has 1 amide bonds. The van der Waals surface area contributed by atoms with E-state index in [1.807, 2.05) is 13.8 Å². The molecule has 1 aromatic rings. The number of primary amides is 1. The van der Waals surface area contributed by atoms with Gasteiger partial charge in [0.25, 0.3) is 0 Å². The summed E-state index contributed by atoms with van der Waals surface area (Å²) in [7, 11) is 0. The van der Waals surface area contributed by atoms with Crippen LogP contribution in [0.2, 0.25) is 0 Å². The lowest BCUT2D eigenvalue weighted by molar-refractivity contribution is -0.274. The minimum atomic E-state index is -4.73. The highest BCUT2D eigenvalue weighted by molar-refractivity contribution is 9.10. The molecule has 0 atom stereocenters. The first-order valence-electron chi connectivity index (χ1n) is 6.06. The lowest BCUT2D eigenvalue weighted by Crippen LogP contribution is -2.42. The predicted octanol–water partition coefficient (Wildman–Crippen LogP) is 3.09. The summed E-state index contributed by atoms with van der Waals surface area (Å²) in [5.41, 5.74) is 5.38. The van der Waals surface area contributed by atoms with Gasteiger partial charge in [-0.2, -0.15) is 0 Å². The number of ether oxygens (including phenoxy) is 1. The molecule has 0 aliphatic rings. The highest BCUT2D eigenvalue weighted by Crippen LogP contribution is 2.31. The molecule has 0 saturated heterocycles. The van der Waals surface area contributed by atoms with Crippen molar-refractivity contribution in [2.75, 3.05) is 0 Å². The highest BCUT2D eigenvalue weighted by Gasteiger charge is 2.32. The molecule has 1 aromatic carbocycles. The molecule has 0 bridgehead atoms. The topological polar surface area (TPSA) is 64.4 Å². The van der Waals surface area contributed by atoms with Crippen LogP contribution in [0.3, 0.4) is 0 Å². The van der Waals surface area contributed by atoms with Crippen molar-refractivity contribution in [3.05, 3.63) is 28.2 Å². The Morgan fingerprint density at radius 3 is 2.48 bits per heavy atom. The van der Waals surface area contributed by atoms with Crippen molar-refractivity contribution >= 4 is 21.8 Å². The van der Waals surface area contributed by atoms with Gasteiger partial charge in [0.05, 0.1) is 4.47 Å². The number of halogens is 4. The Morgan fingerprint density at radius 1 is 1.38 bits per heavy atom. The Bertz CT molecular complexity index is 519. The van der Waals surface area contributed by atoms with E-state index in [0.29, 0.717) is 6.54 Å². The number of hydrogen-bond donors (Lipinski definition) is 2. The van der Waals surface area contributed by atoms with Crippen LogP contribution in [0, 0.1) is 0 Å². The van der Waals surface area contributed by atoms with Crippen molar-refractivity contribution in [1.29, 1.82) is 0 Å². The maximum absolute atomic E-state index is 12.1. The fourth-order valence-electron chi connectivity index (χ4n) is 1.70. The molecule has 0 fully saturated rings. The summed E-state index contributed by atoms with van der Waals surface area (Å²) in [6.07, 6.45) is -4.57. The molecule has 4 nitrogen and oxygen atoms in total. The lowest BCUT2D eigenvalue weighted by atomic mass is 10.00. The molecule has 0 heterocycles. The van der Waals surface area contributed by atoms with Crippen LogP contribution < -0.4 is 15.8 Å². The number of nitrogens with two attached hydrogens (primary N) is 1. The van der Waals surface area contributed by atoms with E-state index in [4.69, 9.17) is 5.73 Å². The zero-order valence-corrected chi connectivity index (χ0v) is 13.1. The van der Waals surface area contributed by atoms with Crippen LogP contribution in [0.1, 0.15) is 25.8 Å². The molecule has 0 aliphatic carbocycles. The molecular weight excluding hydrogens is 353 g/mol. The van der Waals surface area contributed by atoms with E-state index in [1.165, 1.54) is 18.2 Å². The van der Waals surface area contributed by atoms with E-state index in [1.54, 1.807) is 0 Å². The van der Waals surface area contributed by atoms with E-state index >= 15 is 0 Å². The van der Waals surface area contributed by atoms with Crippen LogP contribution in [0.5, 0.6) is 5.75 Å². The molecule has 0 saturated carbocycles. The molecule has 0 radical (unpaired) electrons. The summed E-state index contributed by atoms with van der Waals surface area (Å²) in [5.74, 6) is -0.731. The van der Waals surface area contributed by atoms with Crippen molar-refractivity contribution < 1.29 is 22.7 Å². The predicted molar refractivity (Wildman–Crippen MR) is 75.6 cm³/mol. The minimum absolute atomic E-state index is 0.156. The fraction of sp³-hybridized carbons (Fsp3) is 0.462. The van der Waals surface area contributed by atoms with Gasteiger partial charge in [0.1, 0.15) is 5.75 Å². The average molecular weight is 369 g/mol. The summed E-state index contributed by atoms with van der Waals surface area (Å²) in [4.78, 5) is 10.9. The maximum atomic E-state index is 12.1. The number of nitrogens with one attached hydrogen (secondary N) is 1. The molecule has 0 spiro atoms. The van der Waals surface area contributed by atoms with E-state index in [-0.39, 0.29) is 16.6 Å². The minimum Gasteiger partial charge on any atom is -0.405 e. The number of carbonyl (C=O) groups is 1. The third-order valence-electron chi connectivity index (χ3n) is 2.61. The van der Waals surface area contributed by atoms with Gasteiger partial charge in [-0.15, -0.1) is 13.2 Å². The second-order valence-electron chi connectivity index (χ2n) is 5.19. The van der Waals surface area contributed by atoms with Gasteiger partial charge in [-0.05, 0) is 47.5 Å². The van der Waals surface area contributed by atoms with E-state index in [0.717, 1.165) is 5.56 Å². The Labute approximate surface area is 129 Å². The van der Waals surface area contributed by atoms with Gasteiger partial charge in [-0.25, -0.2) is 0 Å². The zero-order valence-electron chi connectivity index (χ0n) is 11.6. The summed E-state index contributed by atoms with van der Waals surface area (Å²) in [6, 6.07) is 4.27. The van der Waals surface area contributed by atoms with Gasteiger partial charge in [0.2, 0.25) is 5.91 Å². The number of alkyl halides is 3. The Hall–Kier alpha value is -1.28. The van der Waals surface area contributed by atoms with Gasteiger partial charge in [0.15, 0.2) is 0 Å². The second kappa shape index (κ2) is 6.65. The Kier molecular flexibility index (Phi) is 5.63. The van der Waals surface area contributed by atoms with Crippen LogP contribution in [0.4, 0.5) is 13.2 Å². The second-order valence-corrected chi connectivity index (χ2v) is 6.05. The monoisotopic (exact) mass is 368 g/mol. The SMILES string of the molecule is CC(C)(CC(N)=O)NCc1ccc(OC(F)(F)F)c(Br)c1. The van der Waals surface area contributed by atoms with Crippen LogP contribution in [0.25, 0.3) is 0 Å². The number of hydrogen-bond acceptors (Lipinski definition) is 3. The fourth-order valence-corrected chi connectivity index (χ4v) is 2.21. The van der Waals surface area contributed by atoms with Crippen molar-refractivity contribution in [3.8, 4) is 5.75 Å². The highest BCUT2D eigenvalue weighted by atomic mass is 79.9. The molecule has 0 aliphatic heterocycles. The lowest BCUT2D eigenvalue weighted by Gasteiger charge is -2.25. The maximum Gasteiger partial charge on any atom is 0.573 e. The first kappa shape index (κ1) is 17.8.